The van der Waals surface area contributed by atoms with Crippen molar-refractivity contribution in [2.75, 3.05) is 26.9 Å². The molecule has 0 saturated carbocycles. The average molecular weight is 290 g/mol. The van der Waals surface area contributed by atoms with Crippen molar-refractivity contribution in [3.8, 4) is 0 Å². The highest BCUT2D eigenvalue weighted by Crippen LogP contribution is 2.01. The maximum Gasteiger partial charge on any atom is 0.264 e. The molecule has 0 amide bonds. The second-order valence-corrected chi connectivity index (χ2v) is 4.17. The minimum atomic E-state index is -0.000563. The van der Waals surface area contributed by atoms with Gasteiger partial charge in [-0.05, 0) is 34.5 Å². The minimum absolute atomic E-state index is 0.000563. The van der Waals surface area contributed by atoms with E-state index in [9.17, 15) is 4.79 Å². The standard InChI is InChI=1S/C11H16BrNO3/c1-15-8-9-16-7-3-6-13-5-2-4-10(12)11(13)14/h2,4-5H,3,6-9H2,1H3. The van der Waals surface area contributed by atoms with Gasteiger partial charge in [0.15, 0.2) is 0 Å². The molecule has 0 aromatic carbocycles. The molecule has 0 unspecified atom stereocenters. The molecule has 0 bridgehead atoms. The van der Waals surface area contributed by atoms with E-state index in [2.05, 4.69) is 15.9 Å². The number of nitrogens with zero attached hydrogens (tertiary/aromatic N) is 1. The van der Waals surface area contributed by atoms with Crippen LogP contribution in [0.15, 0.2) is 27.6 Å². The van der Waals surface area contributed by atoms with Crippen molar-refractivity contribution in [2.24, 2.45) is 0 Å². The van der Waals surface area contributed by atoms with E-state index in [1.807, 2.05) is 6.07 Å². The summed E-state index contributed by atoms with van der Waals surface area (Å²) in [6.07, 6.45) is 2.60. The van der Waals surface area contributed by atoms with Gasteiger partial charge in [-0.15, -0.1) is 0 Å². The Kier molecular flexibility index (Phi) is 6.37. The van der Waals surface area contributed by atoms with Gasteiger partial charge in [0.2, 0.25) is 0 Å². The van der Waals surface area contributed by atoms with Crippen molar-refractivity contribution in [2.45, 2.75) is 13.0 Å². The van der Waals surface area contributed by atoms with E-state index in [-0.39, 0.29) is 5.56 Å². The normalized spacial score (nSPS) is 10.6. The molecule has 4 nitrogen and oxygen atoms in total. The number of halogens is 1. The Morgan fingerprint density at radius 1 is 1.38 bits per heavy atom. The molecule has 1 aromatic rings. The van der Waals surface area contributed by atoms with E-state index < -0.39 is 0 Å². The first-order valence-corrected chi connectivity index (χ1v) is 5.96. The smallest absolute Gasteiger partial charge is 0.264 e. The molecule has 1 rings (SSSR count). The molecule has 0 atom stereocenters. The fourth-order valence-corrected chi connectivity index (χ4v) is 1.65. The van der Waals surface area contributed by atoms with Crippen LogP contribution in [-0.4, -0.2) is 31.5 Å². The van der Waals surface area contributed by atoms with Crippen LogP contribution in [0.2, 0.25) is 0 Å². The fourth-order valence-electron chi connectivity index (χ4n) is 1.26. The second-order valence-electron chi connectivity index (χ2n) is 3.31. The van der Waals surface area contributed by atoms with Gasteiger partial charge < -0.3 is 14.0 Å². The molecule has 90 valence electrons. The maximum atomic E-state index is 11.6. The van der Waals surface area contributed by atoms with E-state index in [0.717, 1.165) is 6.42 Å². The third kappa shape index (κ3) is 4.47. The molecule has 0 fully saturated rings. The van der Waals surface area contributed by atoms with Crippen molar-refractivity contribution in [1.29, 1.82) is 0 Å². The largest absolute Gasteiger partial charge is 0.382 e. The first kappa shape index (κ1) is 13.4. The van der Waals surface area contributed by atoms with Crippen molar-refractivity contribution in [1.82, 2.24) is 4.57 Å². The Morgan fingerprint density at radius 2 is 2.19 bits per heavy atom. The van der Waals surface area contributed by atoms with Crippen LogP contribution in [0.25, 0.3) is 0 Å². The second kappa shape index (κ2) is 7.60. The molecule has 0 spiro atoms. The van der Waals surface area contributed by atoms with E-state index in [0.29, 0.717) is 30.8 Å². The first-order valence-electron chi connectivity index (χ1n) is 5.17. The quantitative estimate of drug-likeness (QED) is 0.717. The minimum Gasteiger partial charge on any atom is -0.382 e. The summed E-state index contributed by atoms with van der Waals surface area (Å²) in [5.74, 6) is 0. The van der Waals surface area contributed by atoms with E-state index in [4.69, 9.17) is 9.47 Å². The Hall–Kier alpha value is -0.650. The summed E-state index contributed by atoms with van der Waals surface area (Å²) >= 11 is 3.21. The highest BCUT2D eigenvalue weighted by atomic mass is 79.9. The van der Waals surface area contributed by atoms with Crippen LogP contribution in [0.3, 0.4) is 0 Å². The van der Waals surface area contributed by atoms with Gasteiger partial charge in [-0.25, -0.2) is 0 Å². The predicted octanol–water partition coefficient (Wildman–Crippen LogP) is 1.66. The highest BCUT2D eigenvalue weighted by molar-refractivity contribution is 9.10. The van der Waals surface area contributed by atoms with E-state index >= 15 is 0 Å². The Bertz CT molecular complexity index is 364. The zero-order chi connectivity index (χ0) is 11.8. The SMILES string of the molecule is COCCOCCCn1cccc(Br)c1=O. The number of rotatable bonds is 7. The summed E-state index contributed by atoms with van der Waals surface area (Å²) in [4.78, 5) is 11.6. The number of methoxy groups -OCH3 is 1. The van der Waals surface area contributed by atoms with Gasteiger partial charge in [-0.1, -0.05) is 0 Å². The molecular formula is C11H16BrNO3. The molecule has 1 aromatic heterocycles. The van der Waals surface area contributed by atoms with Gasteiger partial charge >= 0.3 is 0 Å². The Labute approximate surface area is 103 Å². The topological polar surface area (TPSA) is 40.5 Å². The third-order valence-corrected chi connectivity index (χ3v) is 2.70. The summed E-state index contributed by atoms with van der Waals surface area (Å²) in [7, 11) is 1.64. The number of pyridine rings is 1. The van der Waals surface area contributed by atoms with Gasteiger partial charge in [0.25, 0.3) is 5.56 Å². The molecule has 0 aliphatic rings. The lowest BCUT2D eigenvalue weighted by atomic mass is 10.4. The average Bonchev–Trinajstić information content (AvgIpc) is 2.29. The molecule has 16 heavy (non-hydrogen) atoms. The van der Waals surface area contributed by atoms with Crippen LogP contribution in [0, 0.1) is 0 Å². The number of hydrogen-bond acceptors (Lipinski definition) is 3. The zero-order valence-corrected chi connectivity index (χ0v) is 10.9. The van der Waals surface area contributed by atoms with Gasteiger partial charge in [0, 0.05) is 26.5 Å². The van der Waals surface area contributed by atoms with Gasteiger partial charge in [-0.2, -0.15) is 0 Å². The molecule has 0 N–H and O–H groups in total. The van der Waals surface area contributed by atoms with Crippen LogP contribution in [0.4, 0.5) is 0 Å². The number of aromatic nitrogens is 1. The molecule has 0 aliphatic heterocycles. The lowest BCUT2D eigenvalue weighted by Crippen LogP contribution is -2.20. The van der Waals surface area contributed by atoms with Gasteiger partial charge in [0.1, 0.15) is 0 Å². The third-order valence-electron chi connectivity index (χ3n) is 2.09. The molecule has 0 radical (unpaired) electrons. The molecular weight excluding hydrogens is 274 g/mol. The molecule has 1 heterocycles. The summed E-state index contributed by atoms with van der Waals surface area (Å²) < 4.78 is 12.4. The van der Waals surface area contributed by atoms with E-state index in [1.54, 1.807) is 23.9 Å². The Morgan fingerprint density at radius 3 is 2.94 bits per heavy atom. The number of hydrogen-bond donors (Lipinski definition) is 0. The van der Waals surface area contributed by atoms with Gasteiger partial charge in [0.05, 0.1) is 17.7 Å². The van der Waals surface area contributed by atoms with Crippen molar-refractivity contribution in [3.63, 3.8) is 0 Å². The summed E-state index contributed by atoms with van der Waals surface area (Å²) in [6.45, 7) is 2.52. The molecule has 5 heteroatoms. The lowest BCUT2D eigenvalue weighted by Gasteiger charge is -2.06. The van der Waals surface area contributed by atoms with Crippen LogP contribution >= 0.6 is 15.9 Å². The summed E-state index contributed by atoms with van der Waals surface area (Å²) in [6, 6.07) is 3.59. The lowest BCUT2D eigenvalue weighted by molar-refractivity contribution is 0.0679. The maximum absolute atomic E-state index is 11.6. The van der Waals surface area contributed by atoms with Crippen molar-refractivity contribution in [3.05, 3.63) is 33.2 Å². The van der Waals surface area contributed by atoms with Crippen LogP contribution in [0.1, 0.15) is 6.42 Å². The molecule has 0 saturated heterocycles. The number of aryl methyl sites for hydroxylation is 1. The fraction of sp³-hybridized carbons (Fsp3) is 0.545. The van der Waals surface area contributed by atoms with Crippen molar-refractivity contribution < 1.29 is 9.47 Å². The summed E-state index contributed by atoms with van der Waals surface area (Å²) in [5, 5.41) is 0. The van der Waals surface area contributed by atoms with Crippen molar-refractivity contribution >= 4 is 15.9 Å². The van der Waals surface area contributed by atoms with Crippen LogP contribution in [-0.2, 0) is 16.0 Å². The van der Waals surface area contributed by atoms with E-state index in [1.165, 1.54) is 0 Å². The van der Waals surface area contributed by atoms with Crippen LogP contribution < -0.4 is 5.56 Å². The highest BCUT2D eigenvalue weighted by Gasteiger charge is 1.99. The monoisotopic (exact) mass is 289 g/mol. The van der Waals surface area contributed by atoms with Gasteiger partial charge in [-0.3, -0.25) is 4.79 Å². The number of ether oxygens (including phenoxy) is 2. The summed E-state index contributed by atoms with van der Waals surface area (Å²) in [5.41, 5.74) is -0.000563. The van der Waals surface area contributed by atoms with Crippen LogP contribution in [0.5, 0.6) is 0 Å². The first-order chi connectivity index (χ1) is 7.75. The molecule has 0 aliphatic carbocycles. The Balaban J connectivity index is 2.27. The zero-order valence-electron chi connectivity index (χ0n) is 9.32. The predicted molar refractivity (Wildman–Crippen MR) is 65.7 cm³/mol.